The number of nitrogens with zero attached hydrogens (tertiary/aromatic N) is 4. The molecule has 0 amide bonds. The average molecular weight is 227 g/mol. The molecule has 1 atom stereocenters. The van der Waals surface area contributed by atoms with Crippen molar-refractivity contribution in [1.29, 1.82) is 0 Å². The molecule has 90 valence electrons. The van der Waals surface area contributed by atoms with Gasteiger partial charge in [0.05, 0.1) is 6.61 Å². The van der Waals surface area contributed by atoms with Gasteiger partial charge in [0.15, 0.2) is 0 Å². The predicted octanol–water partition coefficient (Wildman–Crippen LogP) is -1.19. The smallest absolute Gasteiger partial charge is 0.266 e. The minimum atomic E-state index is -0.589. The first-order valence-electron chi connectivity index (χ1n) is 5.34. The zero-order chi connectivity index (χ0) is 11.5. The number of aliphatic hydroxyl groups is 1. The summed E-state index contributed by atoms with van der Waals surface area (Å²) in [6, 6.07) is -0.589. The molecule has 2 rings (SSSR count). The van der Waals surface area contributed by atoms with Gasteiger partial charge in [0.1, 0.15) is 6.04 Å². The van der Waals surface area contributed by atoms with Crippen molar-refractivity contribution < 1.29 is 9.63 Å². The van der Waals surface area contributed by atoms with Gasteiger partial charge < -0.3 is 25.2 Å². The van der Waals surface area contributed by atoms with Crippen molar-refractivity contribution in [2.45, 2.75) is 6.04 Å². The normalized spacial score (nSPS) is 20.1. The summed E-state index contributed by atoms with van der Waals surface area (Å²) < 4.78 is 5.00. The first-order valence-corrected chi connectivity index (χ1v) is 5.34. The summed E-state index contributed by atoms with van der Waals surface area (Å²) in [7, 11) is 2.08. The molecule has 1 fully saturated rings. The van der Waals surface area contributed by atoms with Crippen LogP contribution >= 0.6 is 0 Å². The quantitative estimate of drug-likeness (QED) is 0.671. The van der Waals surface area contributed by atoms with Gasteiger partial charge in [0, 0.05) is 26.2 Å². The Morgan fingerprint density at radius 1 is 1.44 bits per heavy atom. The lowest BCUT2D eigenvalue weighted by Crippen LogP contribution is -2.44. The van der Waals surface area contributed by atoms with Crippen LogP contribution in [0.15, 0.2) is 4.52 Å². The SMILES string of the molecule is CN1CCN(c2noc([C@H](N)CO)n2)CC1. The van der Waals surface area contributed by atoms with Gasteiger partial charge in [-0.25, -0.2) is 0 Å². The topological polar surface area (TPSA) is 91.7 Å². The van der Waals surface area contributed by atoms with Crippen molar-refractivity contribution >= 4 is 5.95 Å². The lowest BCUT2D eigenvalue weighted by molar-refractivity contribution is 0.237. The molecule has 0 bridgehead atoms. The minimum Gasteiger partial charge on any atom is -0.394 e. The van der Waals surface area contributed by atoms with E-state index in [1.807, 2.05) is 0 Å². The van der Waals surface area contributed by atoms with Gasteiger partial charge in [-0.05, 0) is 12.2 Å². The summed E-state index contributed by atoms with van der Waals surface area (Å²) >= 11 is 0. The fourth-order valence-corrected chi connectivity index (χ4v) is 1.59. The van der Waals surface area contributed by atoms with Gasteiger partial charge in [0.2, 0.25) is 5.89 Å². The third kappa shape index (κ3) is 2.31. The number of hydrogen-bond donors (Lipinski definition) is 2. The molecule has 0 aliphatic carbocycles. The number of likely N-dealkylation sites (N-methyl/N-ethyl adjacent to an activating group) is 1. The summed E-state index contributed by atoms with van der Waals surface area (Å²) in [5.74, 6) is 0.850. The highest BCUT2D eigenvalue weighted by atomic mass is 16.5. The zero-order valence-electron chi connectivity index (χ0n) is 9.33. The van der Waals surface area contributed by atoms with Gasteiger partial charge in [-0.15, -0.1) is 0 Å². The van der Waals surface area contributed by atoms with Crippen molar-refractivity contribution in [2.75, 3.05) is 44.7 Å². The number of aliphatic hydroxyl groups excluding tert-OH is 1. The molecule has 1 aliphatic rings. The van der Waals surface area contributed by atoms with Crippen LogP contribution in [0.4, 0.5) is 5.95 Å². The number of piperazine rings is 1. The maximum atomic E-state index is 8.87. The molecule has 16 heavy (non-hydrogen) atoms. The van der Waals surface area contributed by atoms with E-state index < -0.39 is 6.04 Å². The molecule has 0 spiro atoms. The first kappa shape index (κ1) is 11.3. The molecule has 0 unspecified atom stereocenters. The van der Waals surface area contributed by atoms with Crippen molar-refractivity contribution in [3.8, 4) is 0 Å². The highest BCUT2D eigenvalue weighted by Crippen LogP contribution is 2.14. The number of hydrogen-bond acceptors (Lipinski definition) is 7. The van der Waals surface area contributed by atoms with Crippen molar-refractivity contribution in [3.05, 3.63) is 5.89 Å². The Morgan fingerprint density at radius 2 is 2.12 bits per heavy atom. The molecule has 1 aliphatic heterocycles. The molecule has 7 heteroatoms. The van der Waals surface area contributed by atoms with Crippen LogP contribution in [0.25, 0.3) is 0 Å². The number of aromatic nitrogens is 2. The second-order valence-corrected chi connectivity index (χ2v) is 4.01. The summed E-state index contributed by atoms with van der Waals surface area (Å²) in [6.07, 6.45) is 0. The molecule has 1 aromatic heterocycles. The van der Waals surface area contributed by atoms with Crippen molar-refractivity contribution in [2.24, 2.45) is 5.73 Å². The standard InChI is InChI=1S/C9H17N5O2/c1-13-2-4-14(5-3-13)9-11-8(16-12-9)7(10)6-15/h7,15H,2-6,10H2,1H3/t7-/m1/s1. The molecule has 0 saturated carbocycles. The van der Waals surface area contributed by atoms with E-state index in [2.05, 4.69) is 27.0 Å². The molecule has 1 aromatic rings. The van der Waals surface area contributed by atoms with Crippen LogP contribution in [0.5, 0.6) is 0 Å². The highest BCUT2D eigenvalue weighted by Gasteiger charge is 2.20. The fraction of sp³-hybridized carbons (Fsp3) is 0.778. The third-order valence-corrected chi connectivity index (χ3v) is 2.73. The van der Waals surface area contributed by atoms with Gasteiger partial charge in [-0.2, -0.15) is 4.98 Å². The van der Waals surface area contributed by atoms with E-state index >= 15 is 0 Å². The molecule has 0 aromatic carbocycles. The summed E-state index contributed by atoms with van der Waals surface area (Å²) in [5.41, 5.74) is 5.59. The molecule has 2 heterocycles. The number of nitrogens with two attached hydrogens (primary N) is 1. The lowest BCUT2D eigenvalue weighted by atomic mass is 10.3. The van der Waals surface area contributed by atoms with E-state index in [1.54, 1.807) is 0 Å². The van der Waals surface area contributed by atoms with Gasteiger partial charge in [0.25, 0.3) is 5.95 Å². The Kier molecular flexibility index (Phi) is 3.37. The minimum absolute atomic E-state index is 0.190. The Balaban J connectivity index is 2.01. The second kappa shape index (κ2) is 4.77. The van der Waals surface area contributed by atoms with E-state index in [9.17, 15) is 0 Å². The Bertz CT molecular complexity index is 334. The van der Waals surface area contributed by atoms with Gasteiger partial charge in [-0.1, -0.05) is 0 Å². The molecular formula is C9H17N5O2. The Labute approximate surface area is 93.8 Å². The van der Waals surface area contributed by atoms with Crippen LogP contribution in [0, 0.1) is 0 Å². The third-order valence-electron chi connectivity index (χ3n) is 2.73. The Morgan fingerprint density at radius 3 is 2.75 bits per heavy atom. The van der Waals surface area contributed by atoms with Gasteiger partial charge in [-0.3, -0.25) is 0 Å². The van der Waals surface area contributed by atoms with E-state index in [1.165, 1.54) is 0 Å². The van der Waals surface area contributed by atoms with E-state index in [-0.39, 0.29) is 12.5 Å². The lowest BCUT2D eigenvalue weighted by Gasteiger charge is -2.31. The molecule has 7 nitrogen and oxygen atoms in total. The van der Waals surface area contributed by atoms with Crippen LogP contribution < -0.4 is 10.6 Å². The van der Waals surface area contributed by atoms with Crippen LogP contribution in [-0.4, -0.2) is 60.0 Å². The van der Waals surface area contributed by atoms with E-state index in [0.29, 0.717) is 5.95 Å². The summed E-state index contributed by atoms with van der Waals surface area (Å²) in [5, 5.41) is 12.7. The highest BCUT2D eigenvalue weighted by molar-refractivity contribution is 5.28. The number of anilines is 1. The van der Waals surface area contributed by atoms with Crippen molar-refractivity contribution in [3.63, 3.8) is 0 Å². The van der Waals surface area contributed by atoms with Crippen LogP contribution in [0.1, 0.15) is 11.9 Å². The first-order chi connectivity index (χ1) is 7.70. The van der Waals surface area contributed by atoms with E-state index in [0.717, 1.165) is 26.2 Å². The fourth-order valence-electron chi connectivity index (χ4n) is 1.59. The molecule has 0 radical (unpaired) electrons. The van der Waals surface area contributed by atoms with E-state index in [4.69, 9.17) is 15.4 Å². The van der Waals surface area contributed by atoms with Crippen LogP contribution in [-0.2, 0) is 0 Å². The molecular weight excluding hydrogens is 210 g/mol. The van der Waals surface area contributed by atoms with Gasteiger partial charge >= 0.3 is 0 Å². The number of rotatable bonds is 3. The average Bonchev–Trinajstić information content (AvgIpc) is 2.78. The predicted molar refractivity (Wildman–Crippen MR) is 58.0 cm³/mol. The summed E-state index contributed by atoms with van der Waals surface area (Å²) in [6.45, 7) is 3.53. The maximum Gasteiger partial charge on any atom is 0.266 e. The maximum absolute atomic E-state index is 8.87. The largest absolute Gasteiger partial charge is 0.394 e. The van der Waals surface area contributed by atoms with Crippen LogP contribution in [0.3, 0.4) is 0 Å². The zero-order valence-corrected chi connectivity index (χ0v) is 9.33. The van der Waals surface area contributed by atoms with Crippen molar-refractivity contribution in [1.82, 2.24) is 15.0 Å². The monoisotopic (exact) mass is 227 g/mol. The second-order valence-electron chi connectivity index (χ2n) is 4.01. The van der Waals surface area contributed by atoms with Crippen LogP contribution in [0.2, 0.25) is 0 Å². The summed E-state index contributed by atoms with van der Waals surface area (Å²) in [4.78, 5) is 8.47. The molecule has 1 saturated heterocycles. The Hall–Kier alpha value is -1.18. The molecule has 3 N–H and O–H groups in total.